The minimum absolute atomic E-state index is 0.144. The van der Waals surface area contributed by atoms with Crippen LogP contribution in [0.3, 0.4) is 0 Å². The molecule has 0 saturated carbocycles. The van der Waals surface area contributed by atoms with Gasteiger partial charge in [-0.3, -0.25) is 4.79 Å². The highest BCUT2D eigenvalue weighted by Crippen LogP contribution is 2.23. The Hall–Kier alpha value is -1.31. The molecule has 1 amide bonds. The fourth-order valence-electron chi connectivity index (χ4n) is 2.06. The molecule has 16 heavy (non-hydrogen) atoms. The van der Waals surface area contributed by atoms with Crippen molar-refractivity contribution in [2.75, 3.05) is 0 Å². The van der Waals surface area contributed by atoms with Gasteiger partial charge in [0.1, 0.15) is 0 Å². The van der Waals surface area contributed by atoms with Gasteiger partial charge in [0, 0.05) is 11.5 Å². The van der Waals surface area contributed by atoms with Gasteiger partial charge in [-0.25, -0.2) is 0 Å². The van der Waals surface area contributed by atoms with E-state index in [1.165, 1.54) is 11.1 Å². The van der Waals surface area contributed by atoms with E-state index in [0.717, 1.165) is 12.8 Å². The highest BCUT2D eigenvalue weighted by molar-refractivity contribution is 5.81. The second-order valence-corrected chi connectivity index (χ2v) is 5.60. The summed E-state index contributed by atoms with van der Waals surface area (Å²) < 4.78 is 0. The van der Waals surface area contributed by atoms with E-state index in [4.69, 9.17) is 0 Å². The monoisotopic (exact) mass is 217 g/mol. The van der Waals surface area contributed by atoms with Gasteiger partial charge in [0.15, 0.2) is 0 Å². The maximum Gasteiger partial charge on any atom is 0.225 e. The number of hydrogen-bond acceptors (Lipinski definition) is 1. The Kier molecular flexibility index (Phi) is 2.75. The Bertz CT molecular complexity index is 378. The van der Waals surface area contributed by atoms with Crippen molar-refractivity contribution in [2.24, 2.45) is 5.41 Å². The first kappa shape index (κ1) is 11.2. The van der Waals surface area contributed by atoms with Crippen LogP contribution in [-0.2, 0) is 17.6 Å². The summed E-state index contributed by atoms with van der Waals surface area (Å²) in [7, 11) is 0. The summed E-state index contributed by atoms with van der Waals surface area (Å²) in [6.45, 7) is 5.85. The smallest absolute Gasteiger partial charge is 0.225 e. The third-order valence-electron chi connectivity index (χ3n) is 3.07. The lowest BCUT2D eigenvalue weighted by Crippen LogP contribution is -2.42. The van der Waals surface area contributed by atoms with Gasteiger partial charge in [-0.2, -0.15) is 0 Å². The number of nitrogens with one attached hydrogen (secondary N) is 1. The lowest BCUT2D eigenvalue weighted by Gasteiger charge is -2.21. The SMILES string of the molecule is CC(C)(C)C(=O)NC1Cc2ccccc2C1. The molecule has 0 heterocycles. The molecule has 1 aliphatic carbocycles. The van der Waals surface area contributed by atoms with E-state index in [0.29, 0.717) is 0 Å². The topological polar surface area (TPSA) is 29.1 Å². The molecule has 0 fully saturated rings. The number of fused-ring (bicyclic) bond motifs is 1. The standard InChI is InChI=1S/C14H19NO/c1-14(2,3)13(16)15-12-8-10-6-4-5-7-11(10)9-12/h4-7,12H,8-9H2,1-3H3,(H,15,16). The highest BCUT2D eigenvalue weighted by Gasteiger charge is 2.27. The minimum atomic E-state index is -0.297. The summed E-state index contributed by atoms with van der Waals surface area (Å²) in [6, 6.07) is 8.71. The highest BCUT2D eigenvalue weighted by atomic mass is 16.2. The van der Waals surface area contributed by atoms with Crippen LogP contribution in [-0.4, -0.2) is 11.9 Å². The molecule has 0 aliphatic heterocycles. The fraction of sp³-hybridized carbons (Fsp3) is 0.500. The lowest BCUT2D eigenvalue weighted by molar-refractivity contribution is -0.129. The summed E-state index contributed by atoms with van der Waals surface area (Å²) in [4.78, 5) is 11.9. The summed E-state index contributed by atoms with van der Waals surface area (Å²) in [5.41, 5.74) is 2.46. The van der Waals surface area contributed by atoms with Crippen LogP contribution in [0.25, 0.3) is 0 Å². The van der Waals surface area contributed by atoms with Crippen molar-refractivity contribution in [1.29, 1.82) is 0 Å². The van der Waals surface area contributed by atoms with Gasteiger partial charge in [-0.05, 0) is 24.0 Å². The molecule has 0 saturated heterocycles. The van der Waals surface area contributed by atoms with E-state index in [2.05, 4.69) is 29.6 Å². The molecule has 0 aromatic heterocycles. The van der Waals surface area contributed by atoms with Crippen molar-refractivity contribution in [3.05, 3.63) is 35.4 Å². The van der Waals surface area contributed by atoms with Crippen molar-refractivity contribution < 1.29 is 4.79 Å². The van der Waals surface area contributed by atoms with Gasteiger partial charge in [-0.1, -0.05) is 45.0 Å². The van der Waals surface area contributed by atoms with Crippen LogP contribution < -0.4 is 5.32 Å². The number of carbonyl (C=O) groups is 1. The minimum Gasteiger partial charge on any atom is -0.352 e. The van der Waals surface area contributed by atoms with Crippen LogP contribution in [0.15, 0.2) is 24.3 Å². The molecule has 0 spiro atoms. The average molecular weight is 217 g/mol. The first-order chi connectivity index (χ1) is 7.47. The zero-order chi connectivity index (χ0) is 11.8. The molecule has 2 heteroatoms. The first-order valence-corrected chi connectivity index (χ1v) is 5.84. The first-order valence-electron chi connectivity index (χ1n) is 5.84. The number of amides is 1. The fourth-order valence-corrected chi connectivity index (χ4v) is 2.06. The van der Waals surface area contributed by atoms with E-state index < -0.39 is 0 Å². The predicted octanol–water partition coefficient (Wildman–Crippen LogP) is 2.32. The summed E-state index contributed by atoms with van der Waals surface area (Å²) in [6.07, 6.45) is 1.94. The Labute approximate surface area is 97.1 Å². The second kappa shape index (κ2) is 3.93. The van der Waals surface area contributed by atoms with Crippen molar-refractivity contribution in [3.8, 4) is 0 Å². The largest absolute Gasteiger partial charge is 0.352 e. The molecule has 0 unspecified atom stereocenters. The van der Waals surface area contributed by atoms with Gasteiger partial charge >= 0.3 is 0 Å². The van der Waals surface area contributed by atoms with Crippen LogP contribution in [0.4, 0.5) is 0 Å². The normalized spacial score (nSPS) is 15.9. The Morgan fingerprint density at radius 2 is 1.69 bits per heavy atom. The van der Waals surface area contributed by atoms with E-state index in [-0.39, 0.29) is 17.4 Å². The summed E-state index contributed by atoms with van der Waals surface area (Å²) in [5, 5.41) is 3.13. The summed E-state index contributed by atoms with van der Waals surface area (Å²) in [5.74, 6) is 0.144. The Morgan fingerprint density at radius 3 is 2.12 bits per heavy atom. The third-order valence-corrected chi connectivity index (χ3v) is 3.07. The number of carbonyl (C=O) groups excluding carboxylic acids is 1. The van der Waals surface area contributed by atoms with Crippen LogP contribution >= 0.6 is 0 Å². The molecule has 1 aromatic carbocycles. The maximum absolute atomic E-state index is 11.9. The molecule has 1 aliphatic rings. The molecule has 2 nitrogen and oxygen atoms in total. The summed E-state index contributed by atoms with van der Waals surface area (Å²) >= 11 is 0. The number of benzene rings is 1. The van der Waals surface area contributed by atoms with E-state index in [1.807, 2.05) is 20.8 Å². The van der Waals surface area contributed by atoms with E-state index >= 15 is 0 Å². The Balaban J connectivity index is 2.00. The molecular formula is C14H19NO. The van der Waals surface area contributed by atoms with Crippen molar-refractivity contribution in [2.45, 2.75) is 39.7 Å². The van der Waals surface area contributed by atoms with Gasteiger partial charge in [0.25, 0.3) is 0 Å². The van der Waals surface area contributed by atoms with Gasteiger partial charge in [0.2, 0.25) is 5.91 Å². The average Bonchev–Trinajstić information content (AvgIpc) is 2.58. The molecule has 0 radical (unpaired) electrons. The van der Waals surface area contributed by atoms with Crippen molar-refractivity contribution >= 4 is 5.91 Å². The molecule has 1 aromatic rings. The van der Waals surface area contributed by atoms with Crippen molar-refractivity contribution in [3.63, 3.8) is 0 Å². The molecule has 86 valence electrons. The van der Waals surface area contributed by atoms with Crippen molar-refractivity contribution in [1.82, 2.24) is 5.32 Å². The Morgan fingerprint density at radius 1 is 1.19 bits per heavy atom. The van der Waals surface area contributed by atoms with Gasteiger partial charge < -0.3 is 5.32 Å². The molecule has 0 bridgehead atoms. The zero-order valence-electron chi connectivity index (χ0n) is 10.2. The van der Waals surface area contributed by atoms with Gasteiger partial charge in [0.05, 0.1) is 0 Å². The quantitative estimate of drug-likeness (QED) is 0.768. The molecule has 1 N–H and O–H groups in total. The second-order valence-electron chi connectivity index (χ2n) is 5.60. The number of rotatable bonds is 1. The van der Waals surface area contributed by atoms with E-state index in [1.54, 1.807) is 0 Å². The lowest BCUT2D eigenvalue weighted by atomic mass is 9.95. The number of hydrogen-bond donors (Lipinski definition) is 1. The van der Waals surface area contributed by atoms with Crippen LogP contribution in [0.5, 0.6) is 0 Å². The molecular weight excluding hydrogens is 198 g/mol. The maximum atomic E-state index is 11.9. The molecule has 0 atom stereocenters. The van der Waals surface area contributed by atoms with Crippen LogP contribution in [0.1, 0.15) is 31.9 Å². The van der Waals surface area contributed by atoms with Gasteiger partial charge in [-0.15, -0.1) is 0 Å². The predicted molar refractivity (Wildman–Crippen MR) is 65.2 cm³/mol. The van der Waals surface area contributed by atoms with Crippen LogP contribution in [0, 0.1) is 5.41 Å². The van der Waals surface area contributed by atoms with E-state index in [9.17, 15) is 4.79 Å². The zero-order valence-corrected chi connectivity index (χ0v) is 10.2. The molecule has 2 rings (SSSR count). The van der Waals surface area contributed by atoms with Crippen LogP contribution in [0.2, 0.25) is 0 Å². The third kappa shape index (κ3) is 2.26.